The van der Waals surface area contributed by atoms with E-state index in [2.05, 4.69) is 64.1 Å². The summed E-state index contributed by atoms with van der Waals surface area (Å²) in [5.41, 5.74) is 0.153. The molecule has 96 valence electrons. The molecule has 1 aromatic rings. The lowest BCUT2D eigenvalue weighted by atomic mass is 9.93. The SMILES string of the molecule is CN(C)CC(C)(C)CNc1nc(Cl)ncc1Br. The molecule has 0 aliphatic carbocycles. The molecule has 0 saturated heterocycles. The number of nitrogens with zero attached hydrogens (tertiary/aromatic N) is 3. The van der Waals surface area contributed by atoms with Crippen molar-refractivity contribution in [3.8, 4) is 0 Å². The van der Waals surface area contributed by atoms with Crippen LogP contribution in [0.1, 0.15) is 13.8 Å². The molecule has 0 radical (unpaired) electrons. The predicted molar refractivity (Wildman–Crippen MR) is 75.6 cm³/mol. The fraction of sp³-hybridized carbons (Fsp3) is 0.636. The van der Waals surface area contributed by atoms with Gasteiger partial charge >= 0.3 is 0 Å². The highest BCUT2D eigenvalue weighted by Crippen LogP contribution is 2.23. The van der Waals surface area contributed by atoms with Gasteiger partial charge in [-0.1, -0.05) is 13.8 Å². The third-order valence-corrected chi connectivity index (χ3v) is 2.96. The molecule has 4 nitrogen and oxygen atoms in total. The standard InChI is InChI=1S/C11H18BrClN4/c1-11(2,7-17(3)4)6-15-9-8(12)5-14-10(13)16-9/h5H,6-7H2,1-4H3,(H,14,15,16). The van der Waals surface area contributed by atoms with E-state index in [1.54, 1.807) is 6.20 Å². The Hall–Kier alpha value is -0.390. The second-order valence-corrected chi connectivity index (χ2v) is 6.28. The highest BCUT2D eigenvalue weighted by molar-refractivity contribution is 9.10. The van der Waals surface area contributed by atoms with Crippen LogP contribution in [-0.2, 0) is 0 Å². The van der Waals surface area contributed by atoms with Crippen molar-refractivity contribution in [1.82, 2.24) is 14.9 Å². The number of nitrogens with one attached hydrogen (secondary N) is 1. The van der Waals surface area contributed by atoms with E-state index in [1.165, 1.54) is 0 Å². The Bertz CT molecular complexity index is 382. The zero-order valence-corrected chi connectivity index (χ0v) is 12.9. The van der Waals surface area contributed by atoms with E-state index in [1.807, 2.05) is 0 Å². The summed E-state index contributed by atoms with van der Waals surface area (Å²) in [6.45, 7) is 6.22. The molecule has 1 aromatic heterocycles. The molecule has 0 fully saturated rings. The molecular weight excluding hydrogens is 304 g/mol. The molecule has 0 saturated carbocycles. The van der Waals surface area contributed by atoms with E-state index >= 15 is 0 Å². The summed E-state index contributed by atoms with van der Waals surface area (Å²) in [6.07, 6.45) is 1.65. The van der Waals surface area contributed by atoms with E-state index in [0.717, 1.165) is 23.4 Å². The second kappa shape index (κ2) is 5.98. The number of halogens is 2. The van der Waals surface area contributed by atoms with Gasteiger partial charge in [-0.2, -0.15) is 4.98 Å². The Morgan fingerprint density at radius 3 is 2.71 bits per heavy atom. The van der Waals surface area contributed by atoms with Gasteiger partial charge in [0.05, 0.1) is 4.47 Å². The first kappa shape index (κ1) is 14.7. The van der Waals surface area contributed by atoms with Crippen LogP contribution in [0, 0.1) is 5.41 Å². The number of anilines is 1. The van der Waals surface area contributed by atoms with Crippen molar-refractivity contribution in [2.24, 2.45) is 5.41 Å². The van der Waals surface area contributed by atoms with Gasteiger partial charge in [0.15, 0.2) is 0 Å². The molecule has 17 heavy (non-hydrogen) atoms. The van der Waals surface area contributed by atoms with Gasteiger partial charge in [0.1, 0.15) is 5.82 Å². The normalized spacial score (nSPS) is 11.9. The molecule has 0 amide bonds. The van der Waals surface area contributed by atoms with Crippen LogP contribution in [0.15, 0.2) is 10.7 Å². The maximum atomic E-state index is 5.76. The highest BCUT2D eigenvalue weighted by atomic mass is 79.9. The average molecular weight is 322 g/mol. The summed E-state index contributed by atoms with van der Waals surface area (Å²) >= 11 is 9.15. The van der Waals surface area contributed by atoms with E-state index < -0.39 is 0 Å². The molecule has 0 spiro atoms. The number of hydrogen-bond acceptors (Lipinski definition) is 4. The first-order chi connectivity index (χ1) is 7.80. The second-order valence-electron chi connectivity index (χ2n) is 5.09. The van der Waals surface area contributed by atoms with Gasteiger partial charge in [0.25, 0.3) is 0 Å². The Morgan fingerprint density at radius 2 is 2.12 bits per heavy atom. The summed E-state index contributed by atoms with van der Waals surface area (Å²) in [4.78, 5) is 10.2. The molecule has 6 heteroatoms. The maximum absolute atomic E-state index is 5.76. The maximum Gasteiger partial charge on any atom is 0.224 e. The van der Waals surface area contributed by atoms with E-state index in [4.69, 9.17) is 11.6 Å². The van der Waals surface area contributed by atoms with Crippen molar-refractivity contribution in [2.75, 3.05) is 32.5 Å². The van der Waals surface area contributed by atoms with Crippen molar-refractivity contribution in [1.29, 1.82) is 0 Å². The summed E-state index contributed by atoms with van der Waals surface area (Å²) in [5, 5.41) is 3.54. The molecule has 1 heterocycles. The monoisotopic (exact) mass is 320 g/mol. The minimum absolute atomic E-state index is 0.153. The minimum atomic E-state index is 0.153. The smallest absolute Gasteiger partial charge is 0.224 e. The molecule has 0 atom stereocenters. The van der Waals surface area contributed by atoms with Crippen molar-refractivity contribution in [3.05, 3.63) is 16.0 Å². The lowest BCUT2D eigenvalue weighted by Crippen LogP contribution is -2.34. The van der Waals surface area contributed by atoms with Gasteiger partial charge in [-0.15, -0.1) is 0 Å². The largest absolute Gasteiger partial charge is 0.368 e. The van der Waals surface area contributed by atoms with Crippen molar-refractivity contribution >= 4 is 33.3 Å². The summed E-state index contributed by atoms with van der Waals surface area (Å²) in [5.74, 6) is 0.733. The zero-order valence-electron chi connectivity index (χ0n) is 10.6. The molecular formula is C11H18BrClN4. The molecule has 1 N–H and O–H groups in total. The van der Waals surface area contributed by atoms with Gasteiger partial charge in [-0.25, -0.2) is 4.98 Å². The molecule has 0 bridgehead atoms. The summed E-state index contributed by atoms with van der Waals surface area (Å²) in [7, 11) is 4.14. The number of rotatable bonds is 5. The summed E-state index contributed by atoms with van der Waals surface area (Å²) < 4.78 is 0.822. The van der Waals surface area contributed by atoms with Crippen LogP contribution in [0.25, 0.3) is 0 Å². The highest BCUT2D eigenvalue weighted by Gasteiger charge is 2.19. The van der Waals surface area contributed by atoms with Crippen LogP contribution in [0.2, 0.25) is 5.28 Å². The Morgan fingerprint density at radius 1 is 1.47 bits per heavy atom. The Kier molecular flexibility index (Phi) is 5.16. The average Bonchev–Trinajstić information content (AvgIpc) is 2.17. The molecule has 0 aliphatic rings. The quantitative estimate of drug-likeness (QED) is 0.847. The minimum Gasteiger partial charge on any atom is -0.368 e. The van der Waals surface area contributed by atoms with Gasteiger partial charge in [0.2, 0.25) is 5.28 Å². The molecule has 0 aliphatic heterocycles. The van der Waals surface area contributed by atoms with Gasteiger partial charge in [-0.05, 0) is 47.0 Å². The first-order valence-corrected chi connectivity index (χ1v) is 6.54. The lowest BCUT2D eigenvalue weighted by Gasteiger charge is -2.28. The van der Waals surface area contributed by atoms with Gasteiger partial charge in [0, 0.05) is 19.3 Å². The van der Waals surface area contributed by atoms with Gasteiger partial charge in [-0.3, -0.25) is 0 Å². The Labute approximate surface area is 116 Å². The predicted octanol–water partition coefficient (Wildman–Crippen LogP) is 2.89. The third kappa shape index (κ3) is 5.19. The lowest BCUT2D eigenvalue weighted by molar-refractivity contribution is 0.254. The first-order valence-electron chi connectivity index (χ1n) is 5.37. The molecule has 0 unspecified atom stereocenters. The van der Waals surface area contributed by atoms with E-state index in [9.17, 15) is 0 Å². The summed E-state index contributed by atoms with van der Waals surface area (Å²) in [6, 6.07) is 0. The van der Waals surface area contributed by atoms with Crippen LogP contribution in [-0.4, -0.2) is 42.1 Å². The van der Waals surface area contributed by atoms with Crippen molar-refractivity contribution < 1.29 is 0 Å². The van der Waals surface area contributed by atoms with E-state index in [-0.39, 0.29) is 10.7 Å². The molecule has 0 aromatic carbocycles. The fourth-order valence-corrected chi connectivity index (χ4v) is 2.17. The topological polar surface area (TPSA) is 41.0 Å². The fourth-order valence-electron chi connectivity index (χ4n) is 1.70. The van der Waals surface area contributed by atoms with E-state index in [0.29, 0.717) is 0 Å². The number of hydrogen-bond donors (Lipinski definition) is 1. The van der Waals surface area contributed by atoms with Gasteiger partial charge < -0.3 is 10.2 Å². The van der Waals surface area contributed by atoms with Crippen LogP contribution in [0.5, 0.6) is 0 Å². The van der Waals surface area contributed by atoms with Crippen molar-refractivity contribution in [3.63, 3.8) is 0 Å². The van der Waals surface area contributed by atoms with Crippen molar-refractivity contribution in [2.45, 2.75) is 13.8 Å². The zero-order chi connectivity index (χ0) is 13.1. The van der Waals surface area contributed by atoms with Crippen LogP contribution in [0.4, 0.5) is 5.82 Å². The number of aromatic nitrogens is 2. The van der Waals surface area contributed by atoms with Crippen LogP contribution in [0.3, 0.4) is 0 Å². The molecule has 1 rings (SSSR count). The Balaban J connectivity index is 2.63. The van der Waals surface area contributed by atoms with Crippen LogP contribution >= 0.6 is 27.5 Å². The third-order valence-electron chi connectivity index (χ3n) is 2.19. The van der Waals surface area contributed by atoms with Crippen LogP contribution < -0.4 is 5.32 Å².